The maximum atomic E-state index is 11.2. The lowest BCUT2D eigenvalue weighted by Gasteiger charge is -2.19. The molecule has 3 nitrogen and oxygen atoms in total. The summed E-state index contributed by atoms with van der Waals surface area (Å²) >= 11 is 4.40. The Balaban J connectivity index is 3.01. The molecule has 1 aromatic rings. The monoisotopic (exact) mass is 245 g/mol. The lowest BCUT2D eigenvalue weighted by Crippen LogP contribution is -2.14. The molecule has 0 N–H and O–H groups in total. The van der Waals surface area contributed by atoms with Gasteiger partial charge < -0.3 is 0 Å². The molecule has 0 bridgehead atoms. The quantitative estimate of drug-likeness (QED) is 0.649. The smallest absolute Gasteiger partial charge is 0.175 e. The molecular weight excluding hydrogens is 230 g/mol. The molecule has 0 aromatic heterocycles. The highest BCUT2D eigenvalue weighted by molar-refractivity contribution is 7.90. The van der Waals surface area contributed by atoms with Crippen molar-refractivity contribution in [1.82, 2.24) is 4.90 Å². The van der Waals surface area contributed by atoms with Crippen molar-refractivity contribution in [2.45, 2.75) is 10.3 Å². The Labute approximate surface area is 96.4 Å². The van der Waals surface area contributed by atoms with Crippen molar-refractivity contribution in [1.29, 1.82) is 0 Å². The Hall–Kier alpha value is -0.520. The van der Waals surface area contributed by atoms with E-state index in [4.69, 9.17) is 0 Å². The highest BCUT2D eigenvalue weighted by atomic mass is 32.2. The fourth-order valence-corrected chi connectivity index (χ4v) is 1.99. The number of rotatable bonds is 3. The van der Waals surface area contributed by atoms with Gasteiger partial charge in [0, 0.05) is 6.26 Å². The topological polar surface area (TPSA) is 37.4 Å². The van der Waals surface area contributed by atoms with Gasteiger partial charge in [-0.2, -0.15) is 12.6 Å². The average Bonchev–Trinajstić information content (AvgIpc) is 2.15. The summed E-state index contributed by atoms with van der Waals surface area (Å²) in [5, 5.41) is -0.0152. The van der Waals surface area contributed by atoms with E-state index in [0.717, 1.165) is 5.56 Å². The molecule has 15 heavy (non-hydrogen) atoms. The first-order valence-electron chi connectivity index (χ1n) is 4.47. The van der Waals surface area contributed by atoms with E-state index >= 15 is 0 Å². The summed E-state index contributed by atoms with van der Waals surface area (Å²) < 4.78 is 22.4. The van der Waals surface area contributed by atoms with E-state index in [9.17, 15) is 8.42 Å². The fraction of sp³-hybridized carbons (Fsp3) is 0.400. The Morgan fingerprint density at radius 2 is 1.67 bits per heavy atom. The first-order valence-corrected chi connectivity index (χ1v) is 6.87. The molecule has 1 rings (SSSR count). The number of hydrogen-bond acceptors (Lipinski definition) is 4. The highest BCUT2D eigenvalue weighted by Gasteiger charge is 2.10. The van der Waals surface area contributed by atoms with Crippen LogP contribution in [0.3, 0.4) is 0 Å². The van der Waals surface area contributed by atoms with E-state index in [1.54, 1.807) is 24.3 Å². The van der Waals surface area contributed by atoms with E-state index < -0.39 is 9.84 Å². The third kappa shape index (κ3) is 3.22. The van der Waals surface area contributed by atoms with Gasteiger partial charge in [-0.3, -0.25) is 4.90 Å². The maximum absolute atomic E-state index is 11.2. The van der Waals surface area contributed by atoms with Crippen LogP contribution in [0.2, 0.25) is 0 Å². The molecule has 0 heterocycles. The summed E-state index contributed by atoms with van der Waals surface area (Å²) in [5.74, 6) is 0. The predicted molar refractivity (Wildman–Crippen MR) is 65.0 cm³/mol. The molecule has 1 atom stereocenters. The number of thiol groups is 1. The standard InChI is InChI=1S/C10H15NO2S2/c1-11(2)10(14)8-4-6-9(7-5-8)15(3,12)13/h4-7,10,14H,1-3H3. The van der Waals surface area contributed by atoms with Crippen molar-refractivity contribution in [3.63, 3.8) is 0 Å². The van der Waals surface area contributed by atoms with Crippen LogP contribution in [0.1, 0.15) is 10.9 Å². The van der Waals surface area contributed by atoms with Crippen LogP contribution in [0.15, 0.2) is 29.2 Å². The van der Waals surface area contributed by atoms with E-state index in [1.165, 1.54) is 6.26 Å². The molecule has 0 amide bonds. The van der Waals surface area contributed by atoms with Crippen LogP contribution in [0.25, 0.3) is 0 Å². The van der Waals surface area contributed by atoms with Crippen molar-refractivity contribution in [3.8, 4) is 0 Å². The zero-order chi connectivity index (χ0) is 11.6. The van der Waals surface area contributed by atoms with Crippen LogP contribution in [0.4, 0.5) is 0 Å². The molecule has 1 unspecified atom stereocenters. The average molecular weight is 245 g/mol. The largest absolute Gasteiger partial charge is 0.294 e. The molecular formula is C10H15NO2S2. The first kappa shape index (κ1) is 12.5. The van der Waals surface area contributed by atoms with Gasteiger partial charge in [-0.15, -0.1) is 0 Å². The Morgan fingerprint density at radius 1 is 1.20 bits per heavy atom. The van der Waals surface area contributed by atoms with Gasteiger partial charge in [0.05, 0.1) is 10.3 Å². The van der Waals surface area contributed by atoms with Gasteiger partial charge in [-0.1, -0.05) is 12.1 Å². The summed E-state index contributed by atoms with van der Waals surface area (Å²) in [4.78, 5) is 2.28. The molecule has 1 aromatic carbocycles. The molecule has 0 spiro atoms. The molecule has 5 heteroatoms. The number of nitrogens with zero attached hydrogens (tertiary/aromatic N) is 1. The van der Waals surface area contributed by atoms with Crippen LogP contribution in [0.5, 0.6) is 0 Å². The molecule has 0 aliphatic heterocycles. The van der Waals surface area contributed by atoms with Crippen molar-refractivity contribution >= 4 is 22.5 Å². The SMILES string of the molecule is CN(C)C(S)c1ccc(S(C)(=O)=O)cc1. The molecule has 0 saturated carbocycles. The summed E-state index contributed by atoms with van der Waals surface area (Å²) in [6.45, 7) is 0. The molecule has 0 saturated heterocycles. The van der Waals surface area contributed by atoms with Gasteiger partial charge >= 0.3 is 0 Å². The number of sulfone groups is 1. The molecule has 0 radical (unpaired) electrons. The minimum Gasteiger partial charge on any atom is -0.294 e. The second kappa shape index (κ2) is 4.55. The maximum Gasteiger partial charge on any atom is 0.175 e. The van der Waals surface area contributed by atoms with Gasteiger partial charge in [0.1, 0.15) is 0 Å². The minimum atomic E-state index is -3.10. The summed E-state index contributed by atoms with van der Waals surface area (Å²) in [6.07, 6.45) is 1.20. The molecule has 0 aliphatic carbocycles. The van der Waals surface area contributed by atoms with Gasteiger partial charge in [-0.25, -0.2) is 8.42 Å². The Kier molecular flexibility index (Phi) is 3.81. The van der Waals surface area contributed by atoms with E-state index in [0.29, 0.717) is 4.90 Å². The van der Waals surface area contributed by atoms with Gasteiger partial charge in [0.25, 0.3) is 0 Å². The van der Waals surface area contributed by atoms with Gasteiger partial charge in [-0.05, 0) is 31.8 Å². The van der Waals surface area contributed by atoms with Crippen LogP contribution in [-0.2, 0) is 9.84 Å². The summed E-state index contributed by atoms with van der Waals surface area (Å²) in [7, 11) is 0.734. The van der Waals surface area contributed by atoms with Crippen molar-refractivity contribution < 1.29 is 8.42 Å². The summed E-state index contributed by atoms with van der Waals surface area (Å²) in [6, 6.07) is 6.79. The van der Waals surface area contributed by atoms with Crippen LogP contribution >= 0.6 is 12.6 Å². The molecule has 0 fully saturated rings. The highest BCUT2D eigenvalue weighted by Crippen LogP contribution is 2.22. The lowest BCUT2D eigenvalue weighted by molar-refractivity contribution is 0.393. The van der Waals surface area contributed by atoms with Crippen molar-refractivity contribution in [2.24, 2.45) is 0 Å². The number of hydrogen-bond donors (Lipinski definition) is 1. The summed E-state index contributed by atoms with van der Waals surface area (Å²) in [5.41, 5.74) is 0.982. The van der Waals surface area contributed by atoms with Gasteiger partial charge in [0.15, 0.2) is 9.84 Å². The first-order chi connectivity index (χ1) is 6.82. The fourth-order valence-electron chi connectivity index (χ4n) is 1.19. The molecule has 84 valence electrons. The van der Waals surface area contributed by atoms with Crippen LogP contribution < -0.4 is 0 Å². The van der Waals surface area contributed by atoms with E-state index in [-0.39, 0.29) is 5.37 Å². The molecule has 0 aliphatic rings. The van der Waals surface area contributed by atoms with E-state index in [2.05, 4.69) is 12.6 Å². The van der Waals surface area contributed by atoms with Crippen molar-refractivity contribution in [3.05, 3.63) is 29.8 Å². The second-order valence-corrected chi connectivity index (χ2v) is 6.18. The zero-order valence-corrected chi connectivity index (χ0v) is 10.7. The number of benzene rings is 1. The minimum absolute atomic E-state index is 0.0152. The lowest BCUT2D eigenvalue weighted by atomic mass is 10.2. The third-order valence-corrected chi connectivity index (χ3v) is 3.98. The van der Waals surface area contributed by atoms with Crippen LogP contribution in [0, 0.1) is 0 Å². The zero-order valence-electron chi connectivity index (χ0n) is 9.01. The van der Waals surface area contributed by atoms with Gasteiger partial charge in [0.2, 0.25) is 0 Å². The van der Waals surface area contributed by atoms with E-state index in [1.807, 2.05) is 19.0 Å². The second-order valence-electron chi connectivity index (χ2n) is 3.68. The third-order valence-electron chi connectivity index (χ3n) is 2.10. The van der Waals surface area contributed by atoms with Crippen molar-refractivity contribution in [2.75, 3.05) is 20.4 Å². The normalized spacial score (nSPS) is 14.2. The Morgan fingerprint density at radius 3 is 2.00 bits per heavy atom. The predicted octanol–water partition coefficient (Wildman–Crippen LogP) is 1.58. The Bertz CT molecular complexity index is 423. The van der Waals surface area contributed by atoms with Crippen LogP contribution in [-0.4, -0.2) is 33.7 Å².